The van der Waals surface area contributed by atoms with Gasteiger partial charge in [-0.2, -0.15) is 0 Å². The average molecular weight is 285 g/mol. The van der Waals surface area contributed by atoms with Crippen LogP contribution in [0.2, 0.25) is 0 Å². The minimum absolute atomic E-state index is 0.0620. The molecule has 0 amide bonds. The molecule has 0 N–H and O–H groups in total. The molecule has 0 aliphatic carbocycles. The maximum atomic E-state index is 12.9. The number of hydrogen-bond acceptors (Lipinski definition) is 0. The van der Waals surface area contributed by atoms with Crippen molar-refractivity contribution in [2.75, 3.05) is 5.33 Å². The highest BCUT2D eigenvalue weighted by molar-refractivity contribution is 9.09. The molecule has 1 aromatic rings. The van der Waals surface area contributed by atoms with Crippen LogP contribution in [0.5, 0.6) is 0 Å². The number of halogens is 6. The highest BCUT2D eigenvalue weighted by Crippen LogP contribution is 2.21. The minimum Gasteiger partial charge on any atom is -0.202 e. The standard InChI is InChI=1S/C9H2BrF5/c10-3-1-2-4-5(11)7(13)9(15)8(14)6(4)12/h3H2. The summed E-state index contributed by atoms with van der Waals surface area (Å²) in [6, 6.07) is 0. The third kappa shape index (κ3) is 2.12. The zero-order chi connectivity index (χ0) is 11.6. The molecule has 0 saturated heterocycles. The first kappa shape index (κ1) is 12.0. The lowest BCUT2D eigenvalue weighted by Gasteiger charge is -2.01. The van der Waals surface area contributed by atoms with Crippen LogP contribution in [-0.4, -0.2) is 5.33 Å². The summed E-state index contributed by atoms with van der Waals surface area (Å²) in [5.74, 6) is -6.01. The predicted octanol–water partition coefficient (Wildman–Crippen LogP) is 3.13. The van der Waals surface area contributed by atoms with Crippen LogP contribution in [0.1, 0.15) is 5.56 Å². The van der Waals surface area contributed by atoms with E-state index in [2.05, 4.69) is 21.9 Å². The molecule has 6 heteroatoms. The summed E-state index contributed by atoms with van der Waals surface area (Å²) in [6.45, 7) is 0. The molecule has 0 aliphatic heterocycles. The lowest BCUT2D eigenvalue weighted by Crippen LogP contribution is -2.04. The van der Waals surface area contributed by atoms with Crippen molar-refractivity contribution in [3.8, 4) is 11.8 Å². The summed E-state index contributed by atoms with van der Waals surface area (Å²) >= 11 is 2.83. The topological polar surface area (TPSA) is 0 Å². The lowest BCUT2D eigenvalue weighted by molar-refractivity contribution is 0.376. The van der Waals surface area contributed by atoms with E-state index >= 15 is 0 Å². The molecule has 0 saturated carbocycles. The monoisotopic (exact) mass is 284 g/mol. The van der Waals surface area contributed by atoms with Crippen LogP contribution in [0, 0.1) is 40.9 Å². The SMILES string of the molecule is Fc1c(F)c(F)c(C#CCBr)c(F)c1F. The summed E-state index contributed by atoms with van der Waals surface area (Å²) in [5.41, 5.74) is -1.12. The van der Waals surface area contributed by atoms with E-state index in [4.69, 9.17) is 0 Å². The maximum Gasteiger partial charge on any atom is 0.200 e. The van der Waals surface area contributed by atoms with Gasteiger partial charge >= 0.3 is 0 Å². The molecule has 0 unspecified atom stereocenters. The minimum atomic E-state index is -2.19. The highest BCUT2D eigenvalue weighted by atomic mass is 79.9. The third-order valence-corrected chi connectivity index (χ3v) is 1.77. The van der Waals surface area contributed by atoms with Crippen LogP contribution in [-0.2, 0) is 0 Å². The second kappa shape index (κ2) is 4.62. The van der Waals surface area contributed by atoms with E-state index in [0.717, 1.165) is 0 Å². The van der Waals surface area contributed by atoms with Gasteiger partial charge in [0, 0.05) is 0 Å². The van der Waals surface area contributed by atoms with Crippen LogP contribution in [0.15, 0.2) is 0 Å². The van der Waals surface area contributed by atoms with Crippen LogP contribution >= 0.6 is 15.9 Å². The van der Waals surface area contributed by atoms with Crippen molar-refractivity contribution in [2.24, 2.45) is 0 Å². The Hall–Kier alpha value is -1.09. The first-order valence-corrected chi connectivity index (χ1v) is 4.69. The molecular formula is C9H2BrF5. The van der Waals surface area contributed by atoms with Gasteiger partial charge in [-0.15, -0.1) is 0 Å². The fraction of sp³-hybridized carbons (Fsp3) is 0.111. The van der Waals surface area contributed by atoms with E-state index in [1.165, 1.54) is 0 Å². The van der Waals surface area contributed by atoms with Gasteiger partial charge in [-0.3, -0.25) is 0 Å². The molecule has 0 heterocycles. The van der Waals surface area contributed by atoms with Crippen LogP contribution in [0.3, 0.4) is 0 Å². The van der Waals surface area contributed by atoms with Crippen molar-refractivity contribution < 1.29 is 22.0 Å². The van der Waals surface area contributed by atoms with Gasteiger partial charge in [0.15, 0.2) is 23.3 Å². The molecule has 0 aliphatic rings. The second-order valence-corrected chi connectivity index (χ2v) is 2.94. The van der Waals surface area contributed by atoms with Crippen molar-refractivity contribution in [2.45, 2.75) is 0 Å². The maximum absolute atomic E-state index is 12.9. The first-order valence-electron chi connectivity index (χ1n) is 3.57. The molecule has 0 spiro atoms. The summed E-state index contributed by atoms with van der Waals surface area (Å²) in [5, 5.41) is 0.0620. The number of alkyl halides is 1. The normalized spacial score (nSPS) is 9.73. The Morgan fingerprint density at radius 2 is 1.20 bits per heavy atom. The summed E-state index contributed by atoms with van der Waals surface area (Å²) in [6.07, 6.45) is 0. The average Bonchev–Trinajstić information content (AvgIpc) is 2.24. The summed E-state index contributed by atoms with van der Waals surface area (Å²) < 4.78 is 63.5. The van der Waals surface area contributed by atoms with E-state index in [1.807, 2.05) is 5.92 Å². The second-order valence-electron chi connectivity index (χ2n) is 2.38. The zero-order valence-electron chi connectivity index (χ0n) is 6.97. The van der Waals surface area contributed by atoms with Crippen LogP contribution < -0.4 is 0 Å². The zero-order valence-corrected chi connectivity index (χ0v) is 8.56. The van der Waals surface area contributed by atoms with Crippen molar-refractivity contribution in [1.29, 1.82) is 0 Å². The van der Waals surface area contributed by atoms with Crippen LogP contribution in [0.25, 0.3) is 0 Å². The predicted molar refractivity (Wildman–Crippen MR) is 46.9 cm³/mol. The van der Waals surface area contributed by atoms with Gasteiger partial charge in [-0.05, 0) is 0 Å². The lowest BCUT2D eigenvalue weighted by atomic mass is 10.1. The molecule has 0 aromatic heterocycles. The largest absolute Gasteiger partial charge is 0.202 e. The van der Waals surface area contributed by atoms with Gasteiger partial charge in [0.1, 0.15) is 5.56 Å². The van der Waals surface area contributed by atoms with Gasteiger partial charge in [0.2, 0.25) is 5.82 Å². The van der Waals surface area contributed by atoms with E-state index in [1.54, 1.807) is 0 Å². The highest BCUT2D eigenvalue weighted by Gasteiger charge is 2.24. The molecule has 0 radical (unpaired) electrons. The van der Waals surface area contributed by atoms with Gasteiger partial charge in [0.25, 0.3) is 0 Å². The Labute approximate surface area is 90.2 Å². The molecule has 0 nitrogen and oxygen atoms in total. The van der Waals surface area contributed by atoms with Gasteiger partial charge < -0.3 is 0 Å². The fourth-order valence-corrected chi connectivity index (χ4v) is 0.977. The van der Waals surface area contributed by atoms with Gasteiger partial charge in [0.05, 0.1) is 5.33 Å². The fourth-order valence-electron chi connectivity index (χ4n) is 0.836. The first-order chi connectivity index (χ1) is 7.00. The van der Waals surface area contributed by atoms with Crippen LogP contribution in [0.4, 0.5) is 22.0 Å². The molecule has 0 atom stereocenters. The van der Waals surface area contributed by atoms with E-state index < -0.39 is 34.6 Å². The molecule has 0 bridgehead atoms. The number of rotatable bonds is 0. The summed E-state index contributed by atoms with van der Waals surface area (Å²) in [4.78, 5) is 0. The third-order valence-electron chi connectivity index (χ3n) is 1.49. The molecular weight excluding hydrogens is 283 g/mol. The van der Waals surface area contributed by atoms with Crippen molar-refractivity contribution >= 4 is 15.9 Å². The van der Waals surface area contributed by atoms with Crippen molar-refractivity contribution in [1.82, 2.24) is 0 Å². The smallest absolute Gasteiger partial charge is 0.200 e. The summed E-state index contributed by atoms with van der Waals surface area (Å²) in [7, 11) is 0. The molecule has 1 rings (SSSR count). The molecule has 15 heavy (non-hydrogen) atoms. The molecule has 0 fully saturated rings. The van der Waals surface area contributed by atoms with Gasteiger partial charge in [-0.25, -0.2) is 22.0 Å². The Morgan fingerprint density at radius 3 is 1.60 bits per heavy atom. The van der Waals surface area contributed by atoms with E-state index in [9.17, 15) is 22.0 Å². The Kier molecular flexibility index (Phi) is 3.69. The van der Waals surface area contributed by atoms with E-state index in [0.29, 0.717) is 0 Å². The van der Waals surface area contributed by atoms with Crippen molar-refractivity contribution in [3.05, 3.63) is 34.6 Å². The number of hydrogen-bond donors (Lipinski definition) is 0. The molecule has 80 valence electrons. The Morgan fingerprint density at radius 1 is 0.800 bits per heavy atom. The van der Waals surface area contributed by atoms with Gasteiger partial charge in [-0.1, -0.05) is 27.8 Å². The molecule has 1 aromatic carbocycles. The number of benzene rings is 1. The quantitative estimate of drug-likeness (QED) is 0.226. The van der Waals surface area contributed by atoms with E-state index in [-0.39, 0.29) is 5.33 Å². The van der Waals surface area contributed by atoms with Crippen molar-refractivity contribution in [3.63, 3.8) is 0 Å². The Balaban J connectivity index is 3.52. The Bertz CT molecular complexity index is 429.